The fourth-order valence-electron chi connectivity index (χ4n) is 4.20. The Labute approximate surface area is 190 Å². The van der Waals surface area contributed by atoms with E-state index < -0.39 is 0 Å². The second-order valence-corrected chi connectivity index (χ2v) is 8.03. The minimum atomic E-state index is 0. The van der Waals surface area contributed by atoms with Gasteiger partial charge in [-0.2, -0.15) is 0 Å². The van der Waals surface area contributed by atoms with E-state index in [9.17, 15) is 0 Å². The van der Waals surface area contributed by atoms with E-state index in [4.69, 9.17) is 9.73 Å². The van der Waals surface area contributed by atoms with Crippen molar-refractivity contribution >= 4 is 29.9 Å². The monoisotopic (exact) mass is 509 g/mol. The number of guanidine groups is 1. The lowest BCUT2D eigenvalue weighted by atomic mass is 9.94. The van der Waals surface area contributed by atoms with Gasteiger partial charge in [-0.25, -0.2) is 0 Å². The lowest BCUT2D eigenvalue weighted by Gasteiger charge is -2.33. The van der Waals surface area contributed by atoms with Gasteiger partial charge in [0.05, 0.1) is 0 Å². The molecule has 2 fully saturated rings. The number of hydrogen-bond donors (Lipinski definition) is 2. The number of nitrogens with one attached hydrogen (secondary N) is 2. The standard InChI is InChI=1S/C21H43N5O.HI/c1-4-22-21(23-12-7-19-8-14-25(5-2)15-9-19)24-20-10-16-26(17-11-20)13-6-18-27-3;/h19-20H,4-18H2,1-3H3,(H2,22,23,24);1H. The third-order valence-corrected chi connectivity index (χ3v) is 6.06. The van der Waals surface area contributed by atoms with E-state index in [1.807, 2.05) is 0 Å². The fourth-order valence-corrected chi connectivity index (χ4v) is 4.20. The minimum absolute atomic E-state index is 0. The Morgan fingerprint density at radius 2 is 1.71 bits per heavy atom. The number of hydrogen-bond acceptors (Lipinski definition) is 4. The highest BCUT2D eigenvalue weighted by atomic mass is 127. The largest absolute Gasteiger partial charge is 0.385 e. The smallest absolute Gasteiger partial charge is 0.191 e. The molecule has 0 aromatic rings. The maximum Gasteiger partial charge on any atom is 0.191 e. The van der Waals surface area contributed by atoms with Crippen molar-refractivity contribution in [3.05, 3.63) is 0 Å². The molecule has 0 aromatic carbocycles. The number of piperidine rings is 2. The summed E-state index contributed by atoms with van der Waals surface area (Å²) in [4.78, 5) is 9.99. The zero-order valence-corrected chi connectivity index (χ0v) is 20.7. The van der Waals surface area contributed by atoms with Gasteiger partial charge in [-0.1, -0.05) is 6.92 Å². The molecule has 0 radical (unpaired) electrons. The van der Waals surface area contributed by atoms with Crippen LogP contribution in [0.4, 0.5) is 0 Å². The van der Waals surface area contributed by atoms with Gasteiger partial charge in [-0.05, 0) is 71.0 Å². The quantitative estimate of drug-likeness (QED) is 0.205. The van der Waals surface area contributed by atoms with Gasteiger partial charge in [0, 0.05) is 52.5 Å². The van der Waals surface area contributed by atoms with Crippen molar-refractivity contribution in [2.24, 2.45) is 10.9 Å². The SMILES string of the molecule is CCNC(=NCCC1CCN(CC)CC1)NC1CCN(CCCOC)CC1.I. The number of halogens is 1. The number of likely N-dealkylation sites (tertiary alicyclic amines) is 2. The van der Waals surface area contributed by atoms with Gasteiger partial charge >= 0.3 is 0 Å². The molecule has 2 saturated heterocycles. The van der Waals surface area contributed by atoms with Gasteiger partial charge in [0.2, 0.25) is 0 Å². The third-order valence-electron chi connectivity index (χ3n) is 6.06. The molecule has 2 heterocycles. The summed E-state index contributed by atoms with van der Waals surface area (Å²) in [6.45, 7) is 14.4. The molecule has 166 valence electrons. The van der Waals surface area contributed by atoms with Crippen molar-refractivity contribution in [1.82, 2.24) is 20.4 Å². The highest BCUT2D eigenvalue weighted by Gasteiger charge is 2.20. The van der Waals surface area contributed by atoms with Crippen molar-refractivity contribution < 1.29 is 4.74 Å². The molecule has 0 aliphatic carbocycles. The summed E-state index contributed by atoms with van der Waals surface area (Å²) in [5, 5.41) is 7.12. The molecule has 2 aliphatic rings. The van der Waals surface area contributed by atoms with Crippen molar-refractivity contribution in [3.8, 4) is 0 Å². The number of aliphatic imine (C=N–C) groups is 1. The first-order valence-corrected chi connectivity index (χ1v) is 11.2. The maximum atomic E-state index is 5.16. The predicted octanol–water partition coefficient (Wildman–Crippen LogP) is 2.78. The summed E-state index contributed by atoms with van der Waals surface area (Å²) >= 11 is 0. The molecule has 0 saturated carbocycles. The number of nitrogens with zero attached hydrogens (tertiary/aromatic N) is 3. The Balaban J connectivity index is 0.00000392. The first-order valence-electron chi connectivity index (χ1n) is 11.2. The van der Waals surface area contributed by atoms with Gasteiger partial charge in [-0.3, -0.25) is 4.99 Å². The summed E-state index contributed by atoms with van der Waals surface area (Å²) in [5.74, 6) is 1.87. The van der Waals surface area contributed by atoms with Gasteiger partial charge < -0.3 is 25.2 Å². The van der Waals surface area contributed by atoms with E-state index in [2.05, 4.69) is 34.3 Å². The van der Waals surface area contributed by atoms with E-state index in [0.29, 0.717) is 6.04 Å². The summed E-state index contributed by atoms with van der Waals surface area (Å²) in [7, 11) is 1.78. The first-order chi connectivity index (χ1) is 13.2. The topological polar surface area (TPSA) is 52.1 Å². The highest BCUT2D eigenvalue weighted by Crippen LogP contribution is 2.20. The van der Waals surface area contributed by atoms with Gasteiger partial charge in [0.1, 0.15) is 0 Å². The van der Waals surface area contributed by atoms with Crippen molar-refractivity contribution in [1.29, 1.82) is 0 Å². The van der Waals surface area contributed by atoms with E-state index in [1.165, 1.54) is 64.8 Å². The molecule has 0 aromatic heterocycles. The van der Waals surface area contributed by atoms with E-state index in [1.54, 1.807) is 7.11 Å². The van der Waals surface area contributed by atoms with Crippen LogP contribution >= 0.6 is 24.0 Å². The predicted molar refractivity (Wildman–Crippen MR) is 130 cm³/mol. The highest BCUT2D eigenvalue weighted by molar-refractivity contribution is 14.0. The van der Waals surface area contributed by atoms with Gasteiger partial charge in [0.15, 0.2) is 5.96 Å². The summed E-state index contributed by atoms with van der Waals surface area (Å²) in [6.07, 6.45) is 7.45. The zero-order valence-electron chi connectivity index (χ0n) is 18.4. The van der Waals surface area contributed by atoms with Crippen LogP contribution in [0.1, 0.15) is 52.4 Å². The number of methoxy groups -OCH3 is 1. The van der Waals surface area contributed by atoms with Crippen LogP contribution in [0.25, 0.3) is 0 Å². The van der Waals surface area contributed by atoms with Crippen molar-refractivity contribution in [2.45, 2.75) is 58.4 Å². The normalized spacial score (nSPS) is 20.8. The molecule has 7 heteroatoms. The average molecular weight is 510 g/mol. The van der Waals surface area contributed by atoms with Crippen LogP contribution < -0.4 is 10.6 Å². The van der Waals surface area contributed by atoms with Crippen LogP contribution in [0, 0.1) is 5.92 Å². The Morgan fingerprint density at radius 3 is 2.32 bits per heavy atom. The van der Waals surface area contributed by atoms with Gasteiger partial charge in [-0.15, -0.1) is 24.0 Å². The molecule has 0 amide bonds. The first kappa shape index (κ1) is 25.9. The molecule has 6 nitrogen and oxygen atoms in total. The van der Waals surface area contributed by atoms with E-state index in [-0.39, 0.29) is 24.0 Å². The molecule has 2 rings (SSSR count). The molecule has 0 spiro atoms. The van der Waals surface area contributed by atoms with Crippen LogP contribution in [0.5, 0.6) is 0 Å². The lowest BCUT2D eigenvalue weighted by molar-refractivity contribution is 0.155. The molecular formula is C21H44IN5O. The Kier molecular flexibility index (Phi) is 14.5. The second-order valence-electron chi connectivity index (χ2n) is 8.03. The third kappa shape index (κ3) is 10.1. The van der Waals surface area contributed by atoms with Crippen molar-refractivity contribution in [3.63, 3.8) is 0 Å². The molecule has 0 unspecified atom stereocenters. The summed E-state index contributed by atoms with van der Waals surface area (Å²) in [5.41, 5.74) is 0. The molecular weight excluding hydrogens is 465 g/mol. The fraction of sp³-hybridized carbons (Fsp3) is 0.952. The van der Waals surface area contributed by atoms with Crippen LogP contribution in [0.2, 0.25) is 0 Å². The van der Waals surface area contributed by atoms with Crippen LogP contribution in [0.15, 0.2) is 4.99 Å². The van der Waals surface area contributed by atoms with Crippen LogP contribution in [0.3, 0.4) is 0 Å². The average Bonchev–Trinajstić information content (AvgIpc) is 2.70. The Morgan fingerprint density at radius 1 is 1.04 bits per heavy atom. The minimum Gasteiger partial charge on any atom is -0.385 e. The number of ether oxygens (including phenoxy) is 1. The van der Waals surface area contributed by atoms with E-state index >= 15 is 0 Å². The maximum absolute atomic E-state index is 5.16. The second kappa shape index (κ2) is 15.7. The van der Waals surface area contributed by atoms with Crippen molar-refractivity contribution in [2.75, 3.05) is 66.1 Å². The number of rotatable bonds is 10. The molecule has 2 aliphatic heterocycles. The summed E-state index contributed by atoms with van der Waals surface area (Å²) < 4.78 is 5.16. The Hall–Kier alpha value is -0.120. The lowest BCUT2D eigenvalue weighted by Crippen LogP contribution is -2.49. The van der Waals surface area contributed by atoms with Gasteiger partial charge in [0.25, 0.3) is 0 Å². The molecule has 28 heavy (non-hydrogen) atoms. The molecule has 0 bridgehead atoms. The Bertz CT molecular complexity index is 408. The summed E-state index contributed by atoms with van der Waals surface area (Å²) in [6, 6.07) is 0.550. The molecule has 0 atom stereocenters. The molecule has 2 N–H and O–H groups in total. The van der Waals surface area contributed by atoms with Crippen LogP contribution in [-0.4, -0.2) is 87.9 Å². The van der Waals surface area contributed by atoms with Crippen LogP contribution in [-0.2, 0) is 4.74 Å². The van der Waals surface area contributed by atoms with E-state index in [0.717, 1.165) is 44.5 Å². The zero-order chi connectivity index (χ0) is 19.3.